The number of carbonyl (C=O) groups excluding carboxylic acids is 1. The lowest BCUT2D eigenvalue weighted by atomic mass is 10.1. The van der Waals surface area contributed by atoms with Gasteiger partial charge < -0.3 is 5.32 Å². The largest absolute Gasteiger partial charge is 0.460 e. The predicted octanol–water partition coefficient (Wildman–Crippen LogP) is 3.79. The van der Waals surface area contributed by atoms with Crippen LogP contribution in [-0.2, 0) is 11.3 Å². The van der Waals surface area contributed by atoms with Gasteiger partial charge in [0, 0.05) is 11.6 Å². The summed E-state index contributed by atoms with van der Waals surface area (Å²) in [5.74, 6) is -15.1. The molecular weight excluding hydrogens is 331 g/mol. The summed E-state index contributed by atoms with van der Waals surface area (Å²) in [4.78, 5) is 10.9. The van der Waals surface area contributed by atoms with Crippen molar-refractivity contribution in [2.24, 2.45) is 0 Å². The Bertz CT molecular complexity index is 512. The Balaban J connectivity index is 2.80. The van der Waals surface area contributed by atoms with Gasteiger partial charge in [-0.25, -0.2) is 0 Å². The number of benzene rings is 1. The number of nitrogens with one attached hydrogen (secondary N) is 1. The first-order valence-electron chi connectivity index (χ1n) is 5.24. The molecule has 0 unspecified atom stereocenters. The number of rotatable bonds is 4. The molecule has 1 rings (SSSR count). The molecule has 0 aliphatic heterocycles. The fourth-order valence-electron chi connectivity index (χ4n) is 1.22. The third kappa shape index (κ3) is 3.58. The lowest BCUT2D eigenvalue weighted by Crippen LogP contribution is -2.59. The second-order valence-corrected chi connectivity index (χ2v) is 4.39. The van der Waals surface area contributed by atoms with Crippen molar-refractivity contribution in [1.82, 2.24) is 5.32 Å². The van der Waals surface area contributed by atoms with Crippen molar-refractivity contribution in [3.05, 3.63) is 34.9 Å². The van der Waals surface area contributed by atoms with Gasteiger partial charge in [-0.3, -0.25) is 4.79 Å². The van der Waals surface area contributed by atoms with Gasteiger partial charge in [0.1, 0.15) is 0 Å². The molecule has 1 aromatic carbocycles. The topological polar surface area (TPSA) is 29.1 Å². The van der Waals surface area contributed by atoms with Crippen LogP contribution in [-0.4, -0.2) is 23.9 Å². The second-order valence-electron chi connectivity index (χ2n) is 3.96. The summed E-state index contributed by atoms with van der Waals surface area (Å²) >= 11 is 5.53. The van der Waals surface area contributed by atoms with E-state index in [4.69, 9.17) is 11.6 Å². The van der Waals surface area contributed by atoms with Crippen LogP contribution in [0, 0.1) is 0 Å². The van der Waals surface area contributed by atoms with Gasteiger partial charge in [0.25, 0.3) is 5.91 Å². The highest BCUT2D eigenvalue weighted by Crippen LogP contribution is 2.46. The van der Waals surface area contributed by atoms with Crippen molar-refractivity contribution in [2.45, 2.75) is 24.6 Å². The number of alkyl halides is 7. The molecule has 0 aliphatic rings. The molecule has 1 amide bonds. The first kappa shape index (κ1) is 17.5. The normalized spacial score (nSPS) is 13.1. The van der Waals surface area contributed by atoms with Gasteiger partial charge in [0.2, 0.25) is 0 Å². The summed E-state index contributed by atoms with van der Waals surface area (Å²) < 4.78 is 86.7. The molecule has 0 heterocycles. The quantitative estimate of drug-likeness (QED) is 0.832. The highest BCUT2D eigenvalue weighted by molar-refractivity contribution is 6.30. The van der Waals surface area contributed by atoms with Crippen LogP contribution in [0.15, 0.2) is 24.3 Å². The molecule has 0 radical (unpaired) electrons. The molecule has 0 fully saturated rings. The zero-order valence-electron chi connectivity index (χ0n) is 9.95. The number of amides is 1. The average molecular weight is 338 g/mol. The van der Waals surface area contributed by atoms with Gasteiger partial charge in [-0.1, -0.05) is 23.7 Å². The van der Waals surface area contributed by atoms with Crippen LogP contribution in [0.25, 0.3) is 0 Å². The SMILES string of the molecule is O=C(NCc1ccc(Cl)cc1)C(F)(F)C(F)(F)C(F)(F)F. The average Bonchev–Trinajstić information content (AvgIpc) is 2.36. The molecule has 21 heavy (non-hydrogen) atoms. The summed E-state index contributed by atoms with van der Waals surface area (Å²) in [6, 6.07) is 5.21. The van der Waals surface area contributed by atoms with E-state index in [-0.39, 0.29) is 5.56 Å². The van der Waals surface area contributed by atoms with E-state index < -0.39 is 30.5 Å². The van der Waals surface area contributed by atoms with Crippen molar-refractivity contribution >= 4 is 17.5 Å². The lowest BCUT2D eigenvalue weighted by Gasteiger charge is -2.27. The molecule has 0 saturated heterocycles. The molecule has 0 aromatic heterocycles. The smallest absolute Gasteiger partial charge is 0.347 e. The minimum atomic E-state index is -6.55. The first-order chi connectivity index (χ1) is 9.39. The zero-order valence-corrected chi connectivity index (χ0v) is 10.7. The Morgan fingerprint density at radius 2 is 1.48 bits per heavy atom. The fourth-order valence-corrected chi connectivity index (χ4v) is 1.34. The van der Waals surface area contributed by atoms with E-state index in [2.05, 4.69) is 0 Å². The van der Waals surface area contributed by atoms with E-state index in [0.717, 1.165) is 0 Å². The van der Waals surface area contributed by atoms with Gasteiger partial charge in [-0.2, -0.15) is 30.7 Å². The van der Waals surface area contributed by atoms with Crippen LogP contribution in [0.4, 0.5) is 30.7 Å². The van der Waals surface area contributed by atoms with Crippen molar-refractivity contribution in [2.75, 3.05) is 0 Å². The Kier molecular flexibility index (Phi) is 4.76. The lowest BCUT2D eigenvalue weighted by molar-refractivity contribution is -0.344. The van der Waals surface area contributed by atoms with E-state index >= 15 is 0 Å². The minimum Gasteiger partial charge on any atom is -0.347 e. The van der Waals surface area contributed by atoms with Crippen molar-refractivity contribution < 1.29 is 35.5 Å². The Hall–Kier alpha value is -1.51. The van der Waals surface area contributed by atoms with Gasteiger partial charge in [0.05, 0.1) is 0 Å². The molecule has 0 saturated carbocycles. The minimum absolute atomic E-state index is 0.193. The summed E-state index contributed by atoms with van der Waals surface area (Å²) in [6.07, 6.45) is -6.55. The summed E-state index contributed by atoms with van der Waals surface area (Å²) in [6.45, 7) is -0.653. The molecule has 118 valence electrons. The highest BCUT2D eigenvalue weighted by Gasteiger charge is 2.76. The van der Waals surface area contributed by atoms with E-state index in [1.54, 1.807) is 0 Å². The molecule has 0 spiro atoms. The van der Waals surface area contributed by atoms with Crippen LogP contribution < -0.4 is 5.32 Å². The first-order valence-corrected chi connectivity index (χ1v) is 5.62. The fraction of sp³-hybridized carbons (Fsp3) is 0.364. The van der Waals surface area contributed by atoms with E-state index in [9.17, 15) is 35.5 Å². The molecule has 1 aromatic rings. The van der Waals surface area contributed by atoms with Crippen molar-refractivity contribution in [3.63, 3.8) is 0 Å². The molecule has 10 heteroatoms. The number of hydrogen-bond acceptors (Lipinski definition) is 1. The maximum absolute atomic E-state index is 13.0. The van der Waals surface area contributed by atoms with Crippen LogP contribution in [0.2, 0.25) is 5.02 Å². The van der Waals surface area contributed by atoms with Crippen LogP contribution in [0.1, 0.15) is 5.56 Å². The molecule has 0 aliphatic carbocycles. The monoisotopic (exact) mass is 337 g/mol. The predicted molar refractivity (Wildman–Crippen MR) is 59.2 cm³/mol. The van der Waals surface area contributed by atoms with Gasteiger partial charge in [-0.05, 0) is 17.7 Å². The highest BCUT2D eigenvalue weighted by atomic mass is 35.5. The molecule has 0 bridgehead atoms. The van der Waals surface area contributed by atoms with E-state index in [1.807, 2.05) is 0 Å². The van der Waals surface area contributed by atoms with Gasteiger partial charge >= 0.3 is 18.0 Å². The maximum Gasteiger partial charge on any atom is 0.460 e. The number of carbonyl (C=O) groups is 1. The second kappa shape index (κ2) is 5.70. The van der Waals surface area contributed by atoms with E-state index in [1.165, 1.54) is 29.6 Å². The summed E-state index contributed by atoms with van der Waals surface area (Å²) in [7, 11) is 0. The van der Waals surface area contributed by atoms with Gasteiger partial charge in [0.15, 0.2) is 0 Å². The zero-order chi connectivity index (χ0) is 16.5. The molecule has 2 nitrogen and oxygen atoms in total. The Morgan fingerprint density at radius 3 is 1.90 bits per heavy atom. The number of halogens is 8. The third-order valence-electron chi connectivity index (χ3n) is 2.40. The Labute approximate surface area is 118 Å². The van der Waals surface area contributed by atoms with Crippen molar-refractivity contribution in [3.8, 4) is 0 Å². The van der Waals surface area contributed by atoms with Crippen molar-refractivity contribution in [1.29, 1.82) is 0 Å². The molecule has 0 atom stereocenters. The number of hydrogen-bond donors (Lipinski definition) is 1. The standard InChI is InChI=1S/C11H7ClF7NO/c12-7-3-1-6(2-4-7)5-20-8(21)9(13,14)10(15,16)11(17,18)19/h1-4H,5H2,(H,20,21). The van der Waals surface area contributed by atoms with Gasteiger partial charge in [-0.15, -0.1) is 0 Å². The molecular formula is C11H7ClF7NO. The summed E-state index contributed by atoms with van der Waals surface area (Å²) in [5.41, 5.74) is 0.193. The van der Waals surface area contributed by atoms with Crippen LogP contribution in [0.5, 0.6) is 0 Å². The Morgan fingerprint density at radius 1 is 1.00 bits per heavy atom. The third-order valence-corrected chi connectivity index (χ3v) is 2.65. The van der Waals surface area contributed by atoms with E-state index in [0.29, 0.717) is 5.02 Å². The van der Waals surface area contributed by atoms with Crippen LogP contribution >= 0.6 is 11.6 Å². The summed E-state index contributed by atoms with van der Waals surface area (Å²) in [5, 5.41) is 1.62. The van der Waals surface area contributed by atoms with Crippen LogP contribution in [0.3, 0.4) is 0 Å². The maximum atomic E-state index is 13.0. The molecule has 1 N–H and O–H groups in total.